The maximum absolute atomic E-state index is 11.6. The average Bonchev–Trinajstić information content (AvgIpc) is 2.78. The van der Waals surface area contributed by atoms with Gasteiger partial charge in [0.25, 0.3) is 5.91 Å². The summed E-state index contributed by atoms with van der Waals surface area (Å²) < 4.78 is 0. The molecule has 0 aliphatic heterocycles. The van der Waals surface area contributed by atoms with Gasteiger partial charge in [0, 0.05) is 44.0 Å². The second kappa shape index (κ2) is 8.02. The molecule has 1 N–H and O–H groups in total. The Hall–Kier alpha value is -3.87. The highest BCUT2D eigenvalue weighted by molar-refractivity contribution is 5.93. The Morgan fingerprint density at radius 1 is 0.966 bits per heavy atom. The van der Waals surface area contributed by atoms with Crippen molar-refractivity contribution in [2.45, 2.75) is 6.42 Å². The Labute approximate surface area is 168 Å². The van der Waals surface area contributed by atoms with Crippen molar-refractivity contribution in [3.63, 3.8) is 0 Å². The van der Waals surface area contributed by atoms with E-state index in [-0.39, 0.29) is 5.91 Å². The van der Waals surface area contributed by atoms with Gasteiger partial charge in [-0.05, 0) is 29.8 Å². The van der Waals surface area contributed by atoms with Crippen molar-refractivity contribution in [2.75, 3.05) is 19.0 Å². The van der Waals surface area contributed by atoms with Crippen LogP contribution in [0.1, 0.15) is 21.7 Å². The van der Waals surface area contributed by atoms with Gasteiger partial charge in [-0.3, -0.25) is 4.79 Å². The molecule has 4 rings (SSSR count). The highest BCUT2D eigenvalue weighted by Gasteiger charge is 2.11. The normalized spacial score (nSPS) is 10.7. The fourth-order valence-corrected chi connectivity index (χ4v) is 3.11. The topological polar surface area (TPSA) is 83.9 Å². The number of nitrogens with zero attached hydrogens (tertiary/aromatic N) is 5. The molecule has 0 atom stereocenters. The van der Waals surface area contributed by atoms with E-state index in [1.165, 1.54) is 0 Å². The summed E-state index contributed by atoms with van der Waals surface area (Å²) in [7, 11) is 3.57. The highest BCUT2D eigenvalue weighted by Crippen LogP contribution is 2.28. The average molecular weight is 384 g/mol. The number of para-hydroxylation sites is 1. The number of aromatic nitrogens is 4. The van der Waals surface area contributed by atoms with Crippen molar-refractivity contribution in [1.82, 2.24) is 25.3 Å². The lowest BCUT2D eigenvalue weighted by Gasteiger charge is -2.20. The fourth-order valence-electron chi connectivity index (χ4n) is 3.11. The SMILES string of the molecule is CNC(=O)c1cnc(Cc2ccc(N(C)c3ncnc4ccccc34)cc2)nc1. The van der Waals surface area contributed by atoms with Crippen LogP contribution in [-0.2, 0) is 6.42 Å². The summed E-state index contributed by atoms with van der Waals surface area (Å²) in [5, 5.41) is 3.56. The maximum Gasteiger partial charge on any atom is 0.254 e. The number of amides is 1. The molecule has 2 aromatic carbocycles. The third-order valence-electron chi connectivity index (χ3n) is 4.72. The molecule has 0 saturated heterocycles. The van der Waals surface area contributed by atoms with Crippen LogP contribution in [0.4, 0.5) is 11.5 Å². The van der Waals surface area contributed by atoms with Crippen LogP contribution < -0.4 is 10.2 Å². The van der Waals surface area contributed by atoms with Gasteiger partial charge < -0.3 is 10.2 Å². The summed E-state index contributed by atoms with van der Waals surface area (Å²) in [4.78, 5) is 31.0. The van der Waals surface area contributed by atoms with Crippen molar-refractivity contribution < 1.29 is 4.79 Å². The molecule has 7 heteroatoms. The summed E-state index contributed by atoms with van der Waals surface area (Å²) in [6.07, 6.45) is 5.27. The number of rotatable bonds is 5. The smallest absolute Gasteiger partial charge is 0.254 e. The number of carbonyl (C=O) groups is 1. The second-order valence-corrected chi connectivity index (χ2v) is 6.58. The number of benzene rings is 2. The van der Waals surface area contributed by atoms with Crippen LogP contribution in [0.15, 0.2) is 67.3 Å². The summed E-state index contributed by atoms with van der Waals surface area (Å²) in [5.41, 5.74) is 3.47. The van der Waals surface area contributed by atoms with E-state index in [0.717, 1.165) is 28.0 Å². The van der Waals surface area contributed by atoms with Crippen LogP contribution in [0.2, 0.25) is 0 Å². The van der Waals surface area contributed by atoms with Gasteiger partial charge in [-0.1, -0.05) is 24.3 Å². The van der Waals surface area contributed by atoms with Crippen LogP contribution in [0.3, 0.4) is 0 Å². The number of carbonyl (C=O) groups excluding carboxylic acids is 1. The molecule has 4 aromatic rings. The lowest BCUT2D eigenvalue weighted by molar-refractivity contribution is 0.0962. The van der Waals surface area contributed by atoms with Crippen molar-refractivity contribution in [3.05, 3.63) is 84.2 Å². The van der Waals surface area contributed by atoms with E-state index in [9.17, 15) is 4.79 Å². The molecule has 7 nitrogen and oxygen atoms in total. The van der Waals surface area contributed by atoms with Crippen molar-refractivity contribution >= 4 is 28.3 Å². The fraction of sp³-hybridized carbons (Fsp3) is 0.136. The molecule has 0 aliphatic rings. The van der Waals surface area contributed by atoms with E-state index >= 15 is 0 Å². The van der Waals surface area contributed by atoms with E-state index in [1.807, 2.05) is 60.5 Å². The summed E-state index contributed by atoms with van der Waals surface area (Å²) in [6, 6.07) is 16.1. The first-order valence-electron chi connectivity index (χ1n) is 9.21. The molecule has 144 valence electrons. The Morgan fingerprint density at radius 2 is 1.69 bits per heavy atom. The van der Waals surface area contributed by atoms with Crippen LogP contribution in [0.25, 0.3) is 10.9 Å². The van der Waals surface area contributed by atoms with Gasteiger partial charge in [0.15, 0.2) is 0 Å². The molecule has 1 amide bonds. The largest absolute Gasteiger partial charge is 0.355 e. The van der Waals surface area contributed by atoms with Crippen LogP contribution in [0.5, 0.6) is 0 Å². The Bertz CT molecular complexity index is 1140. The molecule has 2 heterocycles. The number of nitrogens with one attached hydrogen (secondary N) is 1. The summed E-state index contributed by atoms with van der Waals surface area (Å²) >= 11 is 0. The highest BCUT2D eigenvalue weighted by atomic mass is 16.1. The predicted molar refractivity (Wildman–Crippen MR) is 112 cm³/mol. The van der Waals surface area contributed by atoms with Crippen LogP contribution in [-0.4, -0.2) is 39.9 Å². The van der Waals surface area contributed by atoms with E-state index < -0.39 is 0 Å². The van der Waals surface area contributed by atoms with Gasteiger partial charge in [0.1, 0.15) is 18.0 Å². The van der Waals surface area contributed by atoms with E-state index in [4.69, 9.17) is 0 Å². The first-order chi connectivity index (χ1) is 14.2. The number of anilines is 2. The zero-order valence-corrected chi connectivity index (χ0v) is 16.2. The Kier molecular flexibility index (Phi) is 5.11. The lowest BCUT2D eigenvalue weighted by Crippen LogP contribution is -2.18. The first kappa shape index (κ1) is 18.5. The van der Waals surface area contributed by atoms with E-state index in [2.05, 4.69) is 25.3 Å². The molecule has 0 saturated carbocycles. The molecule has 0 unspecified atom stereocenters. The Morgan fingerprint density at radius 3 is 2.41 bits per heavy atom. The molecule has 0 fully saturated rings. The number of hydrogen-bond acceptors (Lipinski definition) is 6. The summed E-state index contributed by atoms with van der Waals surface area (Å²) in [5.74, 6) is 1.33. The molecule has 0 spiro atoms. The minimum Gasteiger partial charge on any atom is -0.355 e. The molecule has 0 aliphatic carbocycles. The van der Waals surface area contributed by atoms with Gasteiger partial charge >= 0.3 is 0 Å². The second-order valence-electron chi connectivity index (χ2n) is 6.58. The maximum atomic E-state index is 11.6. The molecule has 2 aromatic heterocycles. The minimum atomic E-state index is -0.193. The van der Waals surface area contributed by atoms with Crippen molar-refractivity contribution in [3.8, 4) is 0 Å². The van der Waals surface area contributed by atoms with E-state index in [0.29, 0.717) is 17.8 Å². The predicted octanol–water partition coefficient (Wildman–Crippen LogP) is 3.14. The molecular formula is C22H20N6O. The third-order valence-corrected chi connectivity index (χ3v) is 4.72. The van der Waals surface area contributed by atoms with E-state index in [1.54, 1.807) is 25.8 Å². The van der Waals surface area contributed by atoms with Crippen molar-refractivity contribution in [2.24, 2.45) is 0 Å². The van der Waals surface area contributed by atoms with Crippen molar-refractivity contribution in [1.29, 1.82) is 0 Å². The molecular weight excluding hydrogens is 364 g/mol. The standard InChI is InChI=1S/C22H20N6O/c1-23-22(29)16-12-24-20(25-13-16)11-15-7-9-17(10-8-15)28(2)21-18-5-3-4-6-19(18)26-14-27-21/h3-10,12-14H,11H2,1-2H3,(H,23,29). The van der Waals surface area contributed by atoms with Crippen LogP contribution >= 0.6 is 0 Å². The van der Waals surface area contributed by atoms with Gasteiger partial charge in [-0.25, -0.2) is 19.9 Å². The van der Waals surface area contributed by atoms with Crippen LogP contribution in [0, 0.1) is 0 Å². The quantitative estimate of drug-likeness (QED) is 0.569. The monoisotopic (exact) mass is 384 g/mol. The third kappa shape index (κ3) is 3.89. The lowest BCUT2D eigenvalue weighted by atomic mass is 10.1. The minimum absolute atomic E-state index is 0.193. The molecule has 29 heavy (non-hydrogen) atoms. The summed E-state index contributed by atoms with van der Waals surface area (Å²) in [6.45, 7) is 0. The zero-order chi connectivity index (χ0) is 20.2. The zero-order valence-electron chi connectivity index (χ0n) is 16.2. The Balaban J connectivity index is 1.52. The molecule has 0 bridgehead atoms. The number of fused-ring (bicyclic) bond motifs is 1. The van der Waals surface area contributed by atoms with Gasteiger partial charge in [0.2, 0.25) is 0 Å². The van der Waals surface area contributed by atoms with Gasteiger partial charge in [-0.2, -0.15) is 0 Å². The first-order valence-corrected chi connectivity index (χ1v) is 9.21. The van der Waals surface area contributed by atoms with Gasteiger partial charge in [-0.15, -0.1) is 0 Å². The number of hydrogen-bond donors (Lipinski definition) is 1. The molecule has 0 radical (unpaired) electrons. The van der Waals surface area contributed by atoms with Gasteiger partial charge in [0.05, 0.1) is 11.1 Å².